The summed E-state index contributed by atoms with van der Waals surface area (Å²) in [5.41, 5.74) is 2.13. The SMILES string of the molecule is C/C(=N\OCc1ccc([N+](=O)[O-])cc1)c1cccc(OCC(=O)CO)c1. The number of benzene rings is 2. The zero-order valence-electron chi connectivity index (χ0n) is 14.1. The Morgan fingerprint density at radius 3 is 2.62 bits per heavy atom. The van der Waals surface area contributed by atoms with Gasteiger partial charge in [-0.15, -0.1) is 0 Å². The monoisotopic (exact) mass is 358 g/mol. The maximum absolute atomic E-state index is 11.1. The number of nitrogens with zero attached hydrogens (tertiary/aromatic N) is 2. The Labute approximate surface area is 149 Å². The van der Waals surface area contributed by atoms with Crippen LogP contribution in [0.1, 0.15) is 18.1 Å². The Bertz CT molecular complexity index is 802. The average molecular weight is 358 g/mol. The van der Waals surface area contributed by atoms with Gasteiger partial charge < -0.3 is 14.7 Å². The van der Waals surface area contributed by atoms with Gasteiger partial charge in [0.1, 0.15) is 25.6 Å². The molecule has 0 saturated heterocycles. The molecule has 0 unspecified atom stereocenters. The summed E-state index contributed by atoms with van der Waals surface area (Å²) in [4.78, 5) is 26.5. The third-order valence-electron chi connectivity index (χ3n) is 3.41. The van der Waals surface area contributed by atoms with Crippen molar-refractivity contribution in [2.75, 3.05) is 13.2 Å². The molecule has 0 aliphatic carbocycles. The van der Waals surface area contributed by atoms with Gasteiger partial charge in [-0.25, -0.2) is 0 Å². The van der Waals surface area contributed by atoms with Crippen LogP contribution in [0.4, 0.5) is 5.69 Å². The average Bonchev–Trinajstić information content (AvgIpc) is 2.66. The number of rotatable bonds is 9. The highest BCUT2D eigenvalue weighted by molar-refractivity contribution is 5.98. The number of carbonyl (C=O) groups is 1. The minimum Gasteiger partial charge on any atom is -0.486 e. The van der Waals surface area contributed by atoms with Gasteiger partial charge in [-0.1, -0.05) is 17.3 Å². The summed E-state index contributed by atoms with van der Waals surface area (Å²) >= 11 is 0. The number of non-ortho nitro benzene ring substituents is 1. The number of ketones is 1. The van der Waals surface area contributed by atoms with E-state index in [0.717, 1.165) is 11.1 Å². The molecule has 8 heteroatoms. The summed E-state index contributed by atoms with van der Waals surface area (Å²) in [5, 5.41) is 23.3. The third kappa shape index (κ3) is 5.67. The Kier molecular flexibility index (Phi) is 6.81. The number of nitro groups is 1. The van der Waals surface area contributed by atoms with Crippen molar-refractivity contribution < 1.29 is 24.4 Å². The molecule has 0 spiro atoms. The number of carbonyl (C=O) groups excluding carboxylic acids is 1. The first-order chi connectivity index (χ1) is 12.5. The van der Waals surface area contributed by atoms with Crippen molar-refractivity contribution in [3.8, 4) is 5.75 Å². The zero-order chi connectivity index (χ0) is 18.9. The molecule has 0 atom stereocenters. The van der Waals surface area contributed by atoms with E-state index in [1.54, 1.807) is 37.3 Å². The van der Waals surface area contributed by atoms with Crippen LogP contribution < -0.4 is 4.74 Å². The number of ether oxygens (including phenoxy) is 1. The summed E-state index contributed by atoms with van der Waals surface area (Å²) in [7, 11) is 0. The first-order valence-electron chi connectivity index (χ1n) is 7.75. The van der Waals surface area contributed by atoms with Gasteiger partial charge in [-0.05, 0) is 36.8 Å². The molecule has 0 heterocycles. The molecule has 26 heavy (non-hydrogen) atoms. The van der Waals surface area contributed by atoms with Crippen molar-refractivity contribution >= 4 is 17.2 Å². The van der Waals surface area contributed by atoms with Crippen molar-refractivity contribution in [2.24, 2.45) is 5.16 Å². The molecule has 8 nitrogen and oxygen atoms in total. The number of nitro benzene ring substituents is 1. The van der Waals surface area contributed by atoms with E-state index in [2.05, 4.69) is 5.16 Å². The molecule has 0 fully saturated rings. The van der Waals surface area contributed by atoms with Gasteiger partial charge in [0.2, 0.25) is 0 Å². The van der Waals surface area contributed by atoms with Crippen LogP contribution in [0.2, 0.25) is 0 Å². The van der Waals surface area contributed by atoms with Crippen LogP contribution >= 0.6 is 0 Å². The second-order valence-electron chi connectivity index (χ2n) is 5.39. The predicted octanol–water partition coefficient (Wildman–Crippen LogP) is 2.48. The number of hydrogen-bond donors (Lipinski definition) is 1. The highest BCUT2D eigenvalue weighted by Gasteiger charge is 2.05. The van der Waals surface area contributed by atoms with Gasteiger partial charge >= 0.3 is 0 Å². The molecule has 2 rings (SSSR count). The third-order valence-corrected chi connectivity index (χ3v) is 3.41. The maximum atomic E-state index is 11.1. The predicted molar refractivity (Wildman–Crippen MR) is 94.1 cm³/mol. The molecule has 2 aromatic carbocycles. The number of hydrogen-bond acceptors (Lipinski definition) is 7. The molecule has 0 saturated carbocycles. The van der Waals surface area contributed by atoms with E-state index < -0.39 is 17.3 Å². The lowest BCUT2D eigenvalue weighted by molar-refractivity contribution is -0.384. The Hall–Kier alpha value is -3.26. The molecule has 1 N–H and O–H groups in total. The van der Waals surface area contributed by atoms with Gasteiger partial charge in [0.15, 0.2) is 5.78 Å². The smallest absolute Gasteiger partial charge is 0.269 e. The molecule has 0 amide bonds. The molecular formula is C18H18N2O6. The lowest BCUT2D eigenvalue weighted by Crippen LogP contribution is -2.14. The van der Waals surface area contributed by atoms with E-state index in [1.165, 1.54) is 12.1 Å². The first kappa shape index (κ1) is 19.1. The number of oxime groups is 1. The molecule has 2 aromatic rings. The van der Waals surface area contributed by atoms with Crippen LogP contribution in [0.15, 0.2) is 53.7 Å². The molecule has 0 aliphatic rings. The Morgan fingerprint density at radius 1 is 1.23 bits per heavy atom. The van der Waals surface area contributed by atoms with Crippen molar-refractivity contribution in [2.45, 2.75) is 13.5 Å². The summed E-state index contributed by atoms with van der Waals surface area (Å²) in [6, 6.07) is 13.0. The van der Waals surface area contributed by atoms with Crippen LogP contribution in [0.3, 0.4) is 0 Å². The van der Waals surface area contributed by atoms with E-state index in [9.17, 15) is 14.9 Å². The van der Waals surface area contributed by atoms with E-state index >= 15 is 0 Å². The fourth-order valence-corrected chi connectivity index (χ4v) is 1.99. The van der Waals surface area contributed by atoms with E-state index in [0.29, 0.717) is 11.5 Å². The summed E-state index contributed by atoms with van der Waals surface area (Å²) in [5.74, 6) is 0.0708. The fraction of sp³-hybridized carbons (Fsp3) is 0.222. The van der Waals surface area contributed by atoms with Gasteiger partial charge in [0.25, 0.3) is 5.69 Å². The summed E-state index contributed by atoms with van der Waals surface area (Å²) in [6.45, 7) is 1.17. The molecule has 136 valence electrons. The lowest BCUT2D eigenvalue weighted by atomic mass is 10.1. The van der Waals surface area contributed by atoms with Crippen LogP contribution in [-0.4, -0.2) is 34.7 Å². The molecular weight excluding hydrogens is 340 g/mol. The van der Waals surface area contributed by atoms with Crippen molar-refractivity contribution in [3.63, 3.8) is 0 Å². The zero-order valence-corrected chi connectivity index (χ0v) is 14.1. The van der Waals surface area contributed by atoms with Gasteiger partial charge in [-0.3, -0.25) is 14.9 Å². The van der Waals surface area contributed by atoms with E-state index in [-0.39, 0.29) is 18.9 Å². The highest BCUT2D eigenvalue weighted by atomic mass is 16.6. The van der Waals surface area contributed by atoms with Crippen LogP contribution in [-0.2, 0) is 16.2 Å². The minimum absolute atomic E-state index is 0.0185. The van der Waals surface area contributed by atoms with Crippen molar-refractivity contribution in [1.29, 1.82) is 0 Å². The van der Waals surface area contributed by atoms with Crippen LogP contribution in [0.5, 0.6) is 5.75 Å². The highest BCUT2D eigenvalue weighted by Crippen LogP contribution is 2.15. The summed E-state index contributed by atoms with van der Waals surface area (Å²) in [6.07, 6.45) is 0. The van der Waals surface area contributed by atoms with E-state index in [4.69, 9.17) is 14.7 Å². The van der Waals surface area contributed by atoms with Gasteiger partial charge in [-0.2, -0.15) is 0 Å². The topological polar surface area (TPSA) is 111 Å². The quantitative estimate of drug-likeness (QED) is 0.419. The second kappa shape index (κ2) is 9.28. The normalized spacial score (nSPS) is 11.1. The Morgan fingerprint density at radius 2 is 1.96 bits per heavy atom. The Balaban J connectivity index is 1.94. The molecule has 0 aromatic heterocycles. The van der Waals surface area contributed by atoms with Crippen molar-refractivity contribution in [3.05, 3.63) is 69.8 Å². The van der Waals surface area contributed by atoms with Gasteiger partial charge in [0, 0.05) is 17.7 Å². The van der Waals surface area contributed by atoms with Gasteiger partial charge in [0.05, 0.1) is 10.6 Å². The maximum Gasteiger partial charge on any atom is 0.269 e. The second-order valence-corrected chi connectivity index (χ2v) is 5.39. The molecule has 0 aliphatic heterocycles. The molecule has 0 radical (unpaired) electrons. The van der Waals surface area contributed by atoms with Crippen LogP contribution in [0, 0.1) is 10.1 Å². The summed E-state index contributed by atoms with van der Waals surface area (Å²) < 4.78 is 5.29. The lowest BCUT2D eigenvalue weighted by Gasteiger charge is -2.07. The largest absolute Gasteiger partial charge is 0.486 e. The van der Waals surface area contributed by atoms with Crippen molar-refractivity contribution in [1.82, 2.24) is 0 Å². The fourth-order valence-electron chi connectivity index (χ4n) is 1.99. The minimum atomic E-state index is -0.559. The molecule has 0 bridgehead atoms. The van der Waals surface area contributed by atoms with Crippen LogP contribution in [0.25, 0.3) is 0 Å². The number of aliphatic hydroxyl groups excluding tert-OH is 1. The standard InChI is InChI=1S/C18H18N2O6/c1-13(15-3-2-4-18(9-15)25-12-17(22)10-21)19-26-11-14-5-7-16(8-6-14)20(23)24/h2-9,21H,10-12H2,1H3/b19-13+. The first-order valence-corrected chi connectivity index (χ1v) is 7.75. The van der Waals surface area contributed by atoms with E-state index in [1.807, 2.05) is 6.07 Å². The number of Topliss-reactive ketones (excluding diaryl/α,β-unsaturated/α-hetero) is 1. The number of aliphatic hydroxyl groups is 1.